The fraction of sp³-hybridized carbons (Fsp3) is 0.452. The molecule has 5 atom stereocenters. The van der Waals surface area contributed by atoms with E-state index in [9.17, 15) is 29.1 Å². The van der Waals surface area contributed by atoms with Crippen LogP contribution in [0.2, 0.25) is 0 Å². The Hall–Kier alpha value is -4.16. The normalized spacial score (nSPS) is 18.4. The van der Waals surface area contributed by atoms with Crippen molar-refractivity contribution in [1.82, 2.24) is 20.9 Å². The van der Waals surface area contributed by atoms with E-state index in [1.54, 1.807) is 81.4 Å². The second-order valence-electron chi connectivity index (χ2n) is 11.8. The smallest absolute Gasteiger partial charge is 0.408 e. The number of rotatable bonds is 12. The topological polar surface area (TPSA) is 180 Å². The number of alkyl carbamates (subject to hydrolysis) is 1. The lowest BCUT2D eigenvalue weighted by atomic mass is 9.99. The van der Waals surface area contributed by atoms with Crippen molar-refractivity contribution in [3.8, 4) is 0 Å². The van der Waals surface area contributed by atoms with Crippen molar-refractivity contribution in [1.29, 1.82) is 0 Å². The second-order valence-corrected chi connectivity index (χ2v) is 12.4. The van der Waals surface area contributed by atoms with Gasteiger partial charge in [-0.25, -0.2) is 4.79 Å². The molecule has 44 heavy (non-hydrogen) atoms. The molecule has 12 nitrogen and oxygen atoms in total. The number of amides is 5. The van der Waals surface area contributed by atoms with Gasteiger partial charge >= 0.3 is 6.09 Å². The number of aliphatic hydroxyl groups excluding tert-OH is 1. The lowest BCUT2D eigenvalue weighted by Gasteiger charge is -2.32. The van der Waals surface area contributed by atoms with Crippen molar-refractivity contribution in [3.63, 3.8) is 0 Å². The van der Waals surface area contributed by atoms with Gasteiger partial charge in [-0.15, -0.1) is 11.6 Å². The van der Waals surface area contributed by atoms with Crippen LogP contribution in [0.4, 0.5) is 4.79 Å². The molecule has 3 rings (SSSR count). The van der Waals surface area contributed by atoms with Gasteiger partial charge in [0.1, 0.15) is 18.7 Å². The fourth-order valence-corrected chi connectivity index (χ4v) is 5.10. The van der Waals surface area contributed by atoms with Gasteiger partial charge in [0.2, 0.25) is 17.7 Å². The van der Waals surface area contributed by atoms with Crippen molar-refractivity contribution >= 4 is 41.3 Å². The number of nitrogens with one attached hydrogen (secondary N) is 3. The Balaban J connectivity index is 1.79. The Morgan fingerprint density at radius 3 is 2.16 bits per heavy atom. The Morgan fingerprint density at radius 2 is 1.59 bits per heavy atom. The van der Waals surface area contributed by atoms with Crippen LogP contribution in [-0.4, -0.2) is 81.4 Å². The highest BCUT2D eigenvalue weighted by Gasteiger charge is 2.43. The predicted octanol–water partition coefficient (Wildman–Crippen LogP) is 1.37. The van der Waals surface area contributed by atoms with E-state index in [1.165, 1.54) is 4.90 Å². The molecule has 2 aromatic rings. The molecule has 0 spiro atoms. The molecule has 1 saturated heterocycles. The van der Waals surface area contributed by atoms with Crippen LogP contribution >= 0.6 is 11.6 Å². The van der Waals surface area contributed by atoms with Gasteiger partial charge in [-0.1, -0.05) is 60.7 Å². The Kier molecular flexibility index (Phi) is 12.1. The van der Waals surface area contributed by atoms with Crippen LogP contribution in [0.5, 0.6) is 0 Å². The summed E-state index contributed by atoms with van der Waals surface area (Å²) < 4.78 is 5.18. The zero-order valence-electron chi connectivity index (χ0n) is 25.0. The summed E-state index contributed by atoms with van der Waals surface area (Å²) in [6.45, 7) is 5.35. The Labute approximate surface area is 261 Å². The molecule has 238 valence electrons. The average Bonchev–Trinajstić information content (AvgIpc) is 3.36. The summed E-state index contributed by atoms with van der Waals surface area (Å²) in [5, 5.41) is 18.6. The van der Waals surface area contributed by atoms with Gasteiger partial charge < -0.3 is 36.4 Å². The molecule has 0 saturated carbocycles. The number of primary amides is 1. The number of carbonyl (C=O) groups is 5. The molecule has 0 unspecified atom stereocenters. The van der Waals surface area contributed by atoms with Crippen molar-refractivity contribution in [2.24, 2.45) is 5.73 Å². The van der Waals surface area contributed by atoms with Gasteiger partial charge in [-0.2, -0.15) is 0 Å². The maximum Gasteiger partial charge on any atom is 0.408 e. The Bertz CT molecular complexity index is 1310. The lowest BCUT2D eigenvalue weighted by Crippen LogP contribution is -2.59. The van der Waals surface area contributed by atoms with Crippen LogP contribution in [0, 0.1) is 0 Å². The van der Waals surface area contributed by atoms with Crippen LogP contribution in [-0.2, 0) is 36.9 Å². The van der Waals surface area contributed by atoms with Gasteiger partial charge in [0.05, 0.1) is 17.8 Å². The minimum Gasteiger partial charge on any atom is -0.445 e. The van der Waals surface area contributed by atoms with E-state index in [0.717, 1.165) is 0 Å². The zero-order valence-corrected chi connectivity index (χ0v) is 25.8. The third-order valence-electron chi connectivity index (χ3n) is 6.82. The first-order valence-electron chi connectivity index (χ1n) is 14.3. The molecule has 1 aliphatic rings. The van der Waals surface area contributed by atoms with E-state index in [4.69, 9.17) is 22.1 Å². The van der Waals surface area contributed by atoms with Crippen molar-refractivity contribution < 1.29 is 33.8 Å². The van der Waals surface area contributed by atoms with E-state index < -0.39 is 71.3 Å². The van der Waals surface area contributed by atoms with Gasteiger partial charge in [-0.3, -0.25) is 19.2 Å². The molecule has 13 heteroatoms. The SMILES string of the molecule is CC(C)(C)NC(=O)[C@@H]1C[C@H](Cl)CN1C(=O)[C@@H](O)[C@H](Cc1ccccc1)NC(=O)[C@H](CC(N)=O)NC(=O)OCc1ccccc1. The van der Waals surface area contributed by atoms with Crippen molar-refractivity contribution in [2.45, 2.75) is 81.8 Å². The minimum absolute atomic E-state index is 0.0121. The minimum atomic E-state index is -1.80. The molecule has 2 aromatic carbocycles. The maximum atomic E-state index is 13.7. The standard InChI is InChI=1S/C31H40ClN5O7/c1-31(2,3)36-28(41)24-15-21(32)17-37(24)29(42)26(39)22(14-19-10-6-4-7-11-19)34-27(40)23(16-25(33)38)35-30(43)44-18-20-12-8-5-9-13-20/h4-13,21-24,26,39H,14-18H2,1-3H3,(H2,33,38)(H,34,40)(H,35,43)(H,36,41)/t21-,22-,23-,24-,26-/m0/s1. The number of nitrogens with two attached hydrogens (primary N) is 1. The van der Waals surface area contributed by atoms with Crippen molar-refractivity contribution in [2.75, 3.05) is 6.54 Å². The average molecular weight is 630 g/mol. The first-order valence-corrected chi connectivity index (χ1v) is 14.7. The molecule has 6 N–H and O–H groups in total. The monoisotopic (exact) mass is 629 g/mol. The van der Waals surface area contributed by atoms with Gasteiger partial charge in [0.15, 0.2) is 6.10 Å². The van der Waals surface area contributed by atoms with E-state index >= 15 is 0 Å². The highest BCUT2D eigenvalue weighted by atomic mass is 35.5. The molecule has 0 radical (unpaired) electrons. The number of carbonyl (C=O) groups excluding carboxylic acids is 5. The van der Waals surface area contributed by atoms with Gasteiger partial charge in [0.25, 0.3) is 5.91 Å². The number of alkyl halides is 1. The molecule has 5 amide bonds. The number of nitrogens with zero attached hydrogens (tertiary/aromatic N) is 1. The molecule has 1 fully saturated rings. The zero-order chi connectivity index (χ0) is 32.4. The first-order chi connectivity index (χ1) is 20.7. The van der Waals surface area contributed by atoms with Crippen LogP contribution in [0.3, 0.4) is 0 Å². The molecule has 0 aliphatic carbocycles. The number of ether oxygens (including phenoxy) is 1. The van der Waals surface area contributed by atoms with Crippen LogP contribution in [0.15, 0.2) is 60.7 Å². The molecule has 0 aromatic heterocycles. The van der Waals surface area contributed by atoms with Gasteiger partial charge in [0, 0.05) is 12.1 Å². The van der Waals surface area contributed by atoms with Crippen LogP contribution in [0.1, 0.15) is 44.7 Å². The lowest BCUT2D eigenvalue weighted by molar-refractivity contribution is -0.147. The number of halogens is 1. The summed E-state index contributed by atoms with van der Waals surface area (Å²) in [6, 6.07) is 14.1. The number of likely N-dealkylation sites (tertiary alicyclic amines) is 1. The first kappa shape index (κ1) is 34.3. The highest BCUT2D eigenvalue weighted by Crippen LogP contribution is 2.25. The number of aliphatic hydroxyl groups is 1. The summed E-state index contributed by atoms with van der Waals surface area (Å²) >= 11 is 6.34. The second kappa shape index (κ2) is 15.5. The summed E-state index contributed by atoms with van der Waals surface area (Å²) in [5.41, 5.74) is 6.17. The number of benzene rings is 2. The summed E-state index contributed by atoms with van der Waals surface area (Å²) in [7, 11) is 0. The van der Waals surface area contributed by atoms with E-state index in [-0.39, 0.29) is 26.0 Å². The van der Waals surface area contributed by atoms with E-state index in [0.29, 0.717) is 11.1 Å². The van der Waals surface area contributed by atoms with Gasteiger partial charge in [-0.05, 0) is 44.7 Å². The third kappa shape index (κ3) is 10.5. The Morgan fingerprint density at radius 1 is 1.00 bits per heavy atom. The number of hydrogen-bond donors (Lipinski definition) is 5. The van der Waals surface area contributed by atoms with E-state index in [1.807, 2.05) is 0 Å². The summed E-state index contributed by atoms with van der Waals surface area (Å²) in [6.07, 6.45) is -3.13. The molecule has 0 bridgehead atoms. The van der Waals surface area contributed by atoms with Crippen molar-refractivity contribution in [3.05, 3.63) is 71.8 Å². The third-order valence-corrected chi connectivity index (χ3v) is 7.14. The quantitative estimate of drug-likeness (QED) is 0.220. The molecular formula is C31H40ClN5O7. The molecule has 1 aliphatic heterocycles. The molecule has 1 heterocycles. The highest BCUT2D eigenvalue weighted by molar-refractivity contribution is 6.21. The molecular weight excluding hydrogens is 590 g/mol. The van der Waals surface area contributed by atoms with Crippen LogP contribution in [0.25, 0.3) is 0 Å². The summed E-state index contributed by atoms with van der Waals surface area (Å²) in [4.78, 5) is 65.6. The predicted molar refractivity (Wildman–Crippen MR) is 163 cm³/mol. The fourth-order valence-electron chi connectivity index (χ4n) is 4.78. The maximum absolute atomic E-state index is 13.7. The van der Waals surface area contributed by atoms with E-state index in [2.05, 4.69) is 16.0 Å². The van der Waals surface area contributed by atoms with Crippen LogP contribution < -0.4 is 21.7 Å². The number of hydrogen-bond acceptors (Lipinski definition) is 7. The largest absolute Gasteiger partial charge is 0.445 e. The summed E-state index contributed by atoms with van der Waals surface area (Å²) in [5.74, 6) is -2.95.